The lowest BCUT2D eigenvalue weighted by Gasteiger charge is -2.33. The quantitative estimate of drug-likeness (QED) is 0.827. The van der Waals surface area contributed by atoms with Crippen molar-refractivity contribution in [2.75, 3.05) is 25.1 Å². The molecule has 2 N–H and O–H groups in total. The SMILES string of the molecule is COc1ccc(C)cc1N1CCC(N)CC1. The van der Waals surface area contributed by atoms with Gasteiger partial charge in [-0.15, -0.1) is 0 Å². The third-order valence-corrected chi connectivity index (χ3v) is 3.21. The van der Waals surface area contributed by atoms with Gasteiger partial charge < -0.3 is 15.4 Å². The molecular weight excluding hydrogens is 200 g/mol. The molecule has 1 saturated heterocycles. The standard InChI is InChI=1S/C13H20N2O/c1-10-3-4-13(16-2)12(9-10)15-7-5-11(14)6-8-15/h3-4,9,11H,5-8,14H2,1-2H3. The fourth-order valence-corrected chi connectivity index (χ4v) is 2.19. The number of nitrogens with two attached hydrogens (primary N) is 1. The predicted octanol–water partition coefficient (Wildman–Crippen LogP) is 1.93. The molecule has 0 bridgehead atoms. The molecule has 2 rings (SSSR count). The summed E-state index contributed by atoms with van der Waals surface area (Å²) in [6, 6.07) is 6.68. The Balaban J connectivity index is 2.21. The van der Waals surface area contributed by atoms with Gasteiger partial charge in [-0.3, -0.25) is 0 Å². The Labute approximate surface area is 97.2 Å². The molecule has 3 heteroatoms. The molecule has 1 aliphatic rings. The molecule has 0 amide bonds. The van der Waals surface area contributed by atoms with E-state index in [1.54, 1.807) is 7.11 Å². The number of rotatable bonds is 2. The van der Waals surface area contributed by atoms with Crippen LogP contribution in [-0.4, -0.2) is 26.2 Å². The van der Waals surface area contributed by atoms with Crippen LogP contribution < -0.4 is 15.4 Å². The number of piperidine rings is 1. The van der Waals surface area contributed by atoms with Crippen LogP contribution in [0.2, 0.25) is 0 Å². The number of hydrogen-bond donors (Lipinski definition) is 1. The van der Waals surface area contributed by atoms with Crippen LogP contribution in [0, 0.1) is 6.92 Å². The van der Waals surface area contributed by atoms with E-state index in [4.69, 9.17) is 10.5 Å². The van der Waals surface area contributed by atoms with Crippen LogP contribution in [0.1, 0.15) is 18.4 Å². The Bertz CT molecular complexity index is 357. The van der Waals surface area contributed by atoms with Crippen LogP contribution in [0.4, 0.5) is 5.69 Å². The topological polar surface area (TPSA) is 38.5 Å². The van der Waals surface area contributed by atoms with Gasteiger partial charge in [-0.05, 0) is 37.5 Å². The summed E-state index contributed by atoms with van der Waals surface area (Å²) in [5.41, 5.74) is 8.39. The average Bonchev–Trinajstić information content (AvgIpc) is 2.30. The lowest BCUT2D eigenvalue weighted by atomic mass is 10.0. The molecule has 1 heterocycles. The first-order chi connectivity index (χ1) is 7.70. The number of aryl methyl sites for hydroxylation is 1. The summed E-state index contributed by atoms with van der Waals surface area (Å²) in [5, 5.41) is 0. The average molecular weight is 220 g/mol. The molecule has 16 heavy (non-hydrogen) atoms. The van der Waals surface area contributed by atoms with Crippen molar-refractivity contribution in [1.29, 1.82) is 0 Å². The van der Waals surface area contributed by atoms with E-state index >= 15 is 0 Å². The van der Waals surface area contributed by atoms with Gasteiger partial charge in [-0.1, -0.05) is 6.07 Å². The van der Waals surface area contributed by atoms with Gasteiger partial charge in [-0.25, -0.2) is 0 Å². The zero-order valence-electron chi connectivity index (χ0n) is 10.1. The summed E-state index contributed by atoms with van der Waals surface area (Å²) in [5.74, 6) is 0.959. The van der Waals surface area contributed by atoms with Gasteiger partial charge in [0, 0.05) is 19.1 Å². The lowest BCUT2D eigenvalue weighted by molar-refractivity contribution is 0.410. The second-order valence-corrected chi connectivity index (χ2v) is 4.50. The highest BCUT2D eigenvalue weighted by Gasteiger charge is 2.18. The Hall–Kier alpha value is -1.22. The van der Waals surface area contributed by atoms with E-state index in [1.807, 2.05) is 6.07 Å². The second kappa shape index (κ2) is 4.74. The Kier molecular flexibility index (Phi) is 3.34. The summed E-state index contributed by atoms with van der Waals surface area (Å²) >= 11 is 0. The maximum Gasteiger partial charge on any atom is 0.142 e. The largest absolute Gasteiger partial charge is 0.495 e. The van der Waals surface area contributed by atoms with Gasteiger partial charge in [0.25, 0.3) is 0 Å². The molecule has 0 unspecified atom stereocenters. The maximum atomic E-state index is 5.92. The first kappa shape index (κ1) is 11.3. The van der Waals surface area contributed by atoms with Crippen LogP contribution in [0.3, 0.4) is 0 Å². The van der Waals surface area contributed by atoms with E-state index in [0.717, 1.165) is 31.7 Å². The van der Waals surface area contributed by atoms with Crippen molar-refractivity contribution < 1.29 is 4.74 Å². The predicted molar refractivity (Wildman–Crippen MR) is 67.2 cm³/mol. The van der Waals surface area contributed by atoms with E-state index in [2.05, 4.69) is 24.0 Å². The van der Waals surface area contributed by atoms with Gasteiger partial charge in [-0.2, -0.15) is 0 Å². The minimum absolute atomic E-state index is 0.368. The highest BCUT2D eigenvalue weighted by atomic mass is 16.5. The molecular formula is C13H20N2O. The first-order valence-electron chi connectivity index (χ1n) is 5.86. The lowest BCUT2D eigenvalue weighted by Crippen LogP contribution is -2.39. The molecule has 1 aromatic rings. The summed E-state index contributed by atoms with van der Waals surface area (Å²) in [7, 11) is 1.73. The fourth-order valence-electron chi connectivity index (χ4n) is 2.19. The first-order valence-corrected chi connectivity index (χ1v) is 5.86. The minimum atomic E-state index is 0.368. The van der Waals surface area contributed by atoms with E-state index in [0.29, 0.717) is 6.04 Å². The molecule has 0 aromatic heterocycles. The number of methoxy groups -OCH3 is 1. The van der Waals surface area contributed by atoms with Crippen molar-refractivity contribution in [1.82, 2.24) is 0 Å². The van der Waals surface area contributed by atoms with Crippen molar-refractivity contribution >= 4 is 5.69 Å². The number of ether oxygens (including phenoxy) is 1. The second-order valence-electron chi connectivity index (χ2n) is 4.50. The maximum absolute atomic E-state index is 5.92. The van der Waals surface area contributed by atoms with Crippen molar-refractivity contribution in [3.05, 3.63) is 23.8 Å². The van der Waals surface area contributed by atoms with E-state index in [9.17, 15) is 0 Å². The number of hydrogen-bond acceptors (Lipinski definition) is 3. The monoisotopic (exact) mass is 220 g/mol. The fraction of sp³-hybridized carbons (Fsp3) is 0.538. The smallest absolute Gasteiger partial charge is 0.142 e. The number of benzene rings is 1. The van der Waals surface area contributed by atoms with Crippen LogP contribution >= 0.6 is 0 Å². The molecule has 1 aliphatic heterocycles. The molecule has 3 nitrogen and oxygen atoms in total. The molecule has 1 aromatic carbocycles. The van der Waals surface area contributed by atoms with E-state index in [-0.39, 0.29) is 0 Å². The van der Waals surface area contributed by atoms with E-state index < -0.39 is 0 Å². The van der Waals surface area contributed by atoms with E-state index in [1.165, 1.54) is 11.3 Å². The molecule has 0 spiro atoms. The van der Waals surface area contributed by atoms with Crippen LogP contribution in [0.5, 0.6) is 5.75 Å². The highest BCUT2D eigenvalue weighted by Crippen LogP contribution is 2.30. The van der Waals surface area contributed by atoms with Gasteiger partial charge in [0.15, 0.2) is 0 Å². The van der Waals surface area contributed by atoms with Gasteiger partial charge in [0.1, 0.15) is 5.75 Å². The Morgan fingerprint density at radius 2 is 2.00 bits per heavy atom. The highest BCUT2D eigenvalue weighted by molar-refractivity contribution is 5.60. The van der Waals surface area contributed by atoms with Gasteiger partial charge in [0.05, 0.1) is 12.8 Å². The molecule has 0 aliphatic carbocycles. The van der Waals surface area contributed by atoms with Gasteiger partial charge in [0.2, 0.25) is 0 Å². The third-order valence-electron chi connectivity index (χ3n) is 3.21. The number of nitrogens with zero attached hydrogens (tertiary/aromatic N) is 1. The van der Waals surface area contributed by atoms with Crippen LogP contribution in [0.25, 0.3) is 0 Å². The normalized spacial score (nSPS) is 17.6. The molecule has 0 radical (unpaired) electrons. The molecule has 0 atom stereocenters. The molecule has 88 valence electrons. The Morgan fingerprint density at radius 3 is 2.62 bits per heavy atom. The summed E-state index contributed by atoms with van der Waals surface area (Å²) < 4.78 is 5.41. The summed E-state index contributed by atoms with van der Waals surface area (Å²) in [4.78, 5) is 2.37. The molecule has 1 fully saturated rings. The van der Waals surface area contributed by atoms with Crippen LogP contribution in [0.15, 0.2) is 18.2 Å². The number of anilines is 1. The molecule has 0 saturated carbocycles. The minimum Gasteiger partial charge on any atom is -0.495 e. The van der Waals surface area contributed by atoms with Gasteiger partial charge >= 0.3 is 0 Å². The summed E-state index contributed by atoms with van der Waals surface area (Å²) in [6.45, 7) is 4.17. The van der Waals surface area contributed by atoms with Crippen LogP contribution in [-0.2, 0) is 0 Å². The van der Waals surface area contributed by atoms with Crippen molar-refractivity contribution in [3.63, 3.8) is 0 Å². The Morgan fingerprint density at radius 1 is 1.31 bits per heavy atom. The summed E-state index contributed by atoms with van der Waals surface area (Å²) in [6.07, 6.45) is 2.13. The zero-order valence-corrected chi connectivity index (χ0v) is 10.1. The van der Waals surface area contributed by atoms with Crippen molar-refractivity contribution in [2.24, 2.45) is 5.73 Å². The van der Waals surface area contributed by atoms with Crippen molar-refractivity contribution in [2.45, 2.75) is 25.8 Å². The zero-order chi connectivity index (χ0) is 11.5. The third kappa shape index (κ3) is 2.30. The van der Waals surface area contributed by atoms with Crippen molar-refractivity contribution in [3.8, 4) is 5.75 Å².